The molecule has 0 saturated heterocycles. The van der Waals surface area contributed by atoms with E-state index in [0.29, 0.717) is 4.75 Å². The number of ether oxygens (including phenoxy) is 1. The fraction of sp³-hybridized carbons (Fsp3) is 0.538. The lowest BCUT2D eigenvalue weighted by Gasteiger charge is -2.41. The molecule has 1 aromatic rings. The second kappa shape index (κ2) is 5.11. The second-order valence-electron chi connectivity index (χ2n) is 4.34. The van der Waals surface area contributed by atoms with Crippen LogP contribution in [0, 0.1) is 0 Å². The number of nitrogens with one attached hydrogen (secondary N) is 1. The zero-order valence-corrected chi connectivity index (χ0v) is 10.8. The Bertz CT molecular complexity index is 332. The van der Waals surface area contributed by atoms with Gasteiger partial charge in [0.25, 0.3) is 0 Å². The van der Waals surface area contributed by atoms with Gasteiger partial charge in [-0.05, 0) is 44.2 Å². The van der Waals surface area contributed by atoms with Crippen molar-refractivity contribution >= 4 is 11.8 Å². The molecule has 16 heavy (non-hydrogen) atoms. The van der Waals surface area contributed by atoms with Crippen LogP contribution in [0.1, 0.15) is 19.3 Å². The van der Waals surface area contributed by atoms with Crippen LogP contribution < -0.4 is 10.1 Å². The summed E-state index contributed by atoms with van der Waals surface area (Å²) in [6, 6.07) is 8.38. The maximum Gasteiger partial charge on any atom is 0.118 e. The van der Waals surface area contributed by atoms with Crippen molar-refractivity contribution in [2.24, 2.45) is 0 Å². The monoisotopic (exact) mass is 237 g/mol. The highest BCUT2D eigenvalue weighted by Gasteiger charge is 2.37. The molecule has 88 valence electrons. The Morgan fingerprint density at radius 1 is 1.31 bits per heavy atom. The summed E-state index contributed by atoms with van der Waals surface area (Å²) in [6.45, 7) is 1.10. The standard InChI is InChI=1S/C13H19NOS/c1-14-10-13(8-3-9-13)16-12-6-4-11(15-2)5-7-12/h4-7,14H,3,8-10H2,1-2H3. The van der Waals surface area contributed by atoms with Gasteiger partial charge in [0.1, 0.15) is 5.75 Å². The predicted molar refractivity (Wildman–Crippen MR) is 69.4 cm³/mol. The largest absolute Gasteiger partial charge is 0.497 e. The zero-order chi connectivity index (χ0) is 11.4. The number of hydrogen-bond acceptors (Lipinski definition) is 3. The van der Waals surface area contributed by atoms with E-state index < -0.39 is 0 Å². The van der Waals surface area contributed by atoms with Gasteiger partial charge in [-0.25, -0.2) is 0 Å². The minimum atomic E-state index is 0.434. The molecule has 0 heterocycles. The molecular formula is C13H19NOS. The lowest BCUT2D eigenvalue weighted by atomic mass is 9.84. The molecule has 0 aliphatic heterocycles. The summed E-state index contributed by atoms with van der Waals surface area (Å²) >= 11 is 2.00. The molecule has 1 aliphatic carbocycles. The first-order valence-electron chi connectivity index (χ1n) is 5.76. The SMILES string of the molecule is CNCC1(Sc2ccc(OC)cc2)CCC1. The summed E-state index contributed by atoms with van der Waals surface area (Å²) in [5.41, 5.74) is 0. The Morgan fingerprint density at radius 2 is 2.00 bits per heavy atom. The summed E-state index contributed by atoms with van der Waals surface area (Å²) in [7, 11) is 3.74. The quantitative estimate of drug-likeness (QED) is 0.851. The Kier molecular flexibility index (Phi) is 3.77. The van der Waals surface area contributed by atoms with Gasteiger partial charge in [0.15, 0.2) is 0 Å². The molecule has 0 amide bonds. The van der Waals surface area contributed by atoms with Crippen LogP contribution in [0.25, 0.3) is 0 Å². The van der Waals surface area contributed by atoms with Crippen LogP contribution in [0.2, 0.25) is 0 Å². The molecule has 1 saturated carbocycles. The maximum absolute atomic E-state index is 5.17. The minimum Gasteiger partial charge on any atom is -0.497 e. The van der Waals surface area contributed by atoms with Gasteiger partial charge in [-0.2, -0.15) is 0 Å². The minimum absolute atomic E-state index is 0.434. The van der Waals surface area contributed by atoms with E-state index in [1.807, 2.05) is 30.9 Å². The van der Waals surface area contributed by atoms with Crippen molar-refractivity contribution in [2.75, 3.05) is 20.7 Å². The maximum atomic E-state index is 5.17. The van der Waals surface area contributed by atoms with Gasteiger partial charge < -0.3 is 10.1 Å². The molecule has 3 heteroatoms. The predicted octanol–water partition coefficient (Wildman–Crippen LogP) is 2.93. The summed E-state index contributed by atoms with van der Waals surface area (Å²) in [6.07, 6.45) is 4.01. The molecule has 1 aliphatic rings. The second-order valence-corrected chi connectivity index (χ2v) is 5.89. The third kappa shape index (κ3) is 2.53. The van der Waals surface area contributed by atoms with E-state index >= 15 is 0 Å². The van der Waals surface area contributed by atoms with Crippen LogP contribution in [0.5, 0.6) is 5.75 Å². The van der Waals surface area contributed by atoms with Crippen LogP contribution >= 0.6 is 11.8 Å². The summed E-state index contributed by atoms with van der Waals surface area (Å²) in [4.78, 5) is 1.34. The lowest BCUT2D eigenvalue weighted by Crippen LogP contribution is -2.42. The Morgan fingerprint density at radius 3 is 2.44 bits per heavy atom. The highest BCUT2D eigenvalue weighted by molar-refractivity contribution is 8.00. The fourth-order valence-corrected chi connectivity index (χ4v) is 3.58. The van der Waals surface area contributed by atoms with Gasteiger partial charge in [-0.15, -0.1) is 11.8 Å². The van der Waals surface area contributed by atoms with Crippen LogP contribution in [-0.2, 0) is 0 Å². The number of rotatable bonds is 5. The van der Waals surface area contributed by atoms with Gasteiger partial charge in [0, 0.05) is 16.2 Å². The summed E-state index contributed by atoms with van der Waals surface area (Å²) in [5.74, 6) is 0.931. The van der Waals surface area contributed by atoms with E-state index in [-0.39, 0.29) is 0 Å². The van der Waals surface area contributed by atoms with Crippen LogP contribution in [0.4, 0.5) is 0 Å². The van der Waals surface area contributed by atoms with Gasteiger partial charge >= 0.3 is 0 Å². The zero-order valence-electron chi connectivity index (χ0n) is 9.95. The van der Waals surface area contributed by atoms with Crippen molar-refractivity contribution in [1.82, 2.24) is 5.32 Å². The molecule has 2 nitrogen and oxygen atoms in total. The topological polar surface area (TPSA) is 21.3 Å². The van der Waals surface area contributed by atoms with Crippen molar-refractivity contribution < 1.29 is 4.74 Å². The number of hydrogen-bond donors (Lipinski definition) is 1. The number of thioether (sulfide) groups is 1. The third-order valence-electron chi connectivity index (χ3n) is 3.16. The van der Waals surface area contributed by atoms with Crippen molar-refractivity contribution in [2.45, 2.75) is 28.9 Å². The molecule has 0 radical (unpaired) electrons. The summed E-state index contributed by atoms with van der Waals surface area (Å²) < 4.78 is 5.60. The van der Waals surface area contributed by atoms with E-state index in [2.05, 4.69) is 17.4 Å². The van der Waals surface area contributed by atoms with Crippen LogP contribution in [0.3, 0.4) is 0 Å². The smallest absolute Gasteiger partial charge is 0.118 e. The molecule has 1 aromatic carbocycles. The van der Waals surface area contributed by atoms with E-state index in [0.717, 1.165) is 12.3 Å². The Labute approximate surface area is 102 Å². The van der Waals surface area contributed by atoms with E-state index in [1.54, 1.807) is 7.11 Å². The lowest BCUT2D eigenvalue weighted by molar-refractivity contribution is 0.353. The van der Waals surface area contributed by atoms with Gasteiger partial charge in [-0.3, -0.25) is 0 Å². The molecule has 1 N–H and O–H groups in total. The van der Waals surface area contributed by atoms with Crippen molar-refractivity contribution in [3.63, 3.8) is 0 Å². The summed E-state index contributed by atoms with van der Waals surface area (Å²) in [5, 5.41) is 3.31. The molecule has 2 rings (SSSR count). The molecular weight excluding hydrogens is 218 g/mol. The van der Waals surface area contributed by atoms with E-state index in [4.69, 9.17) is 4.74 Å². The molecule has 0 aromatic heterocycles. The Hall–Kier alpha value is -0.670. The highest BCUT2D eigenvalue weighted by Crippen LogP contribution is 2.47. The van der Waals surface area contributed by atoms with E-state index in [9.17, 15) is 0 Å². The van der Waals surface area contributed by atoms with Crippen molar-refractivity contribution in [3.8, 4) is 5.75 Å². The average Bonchev–Trinajstić information content (AvgIpc) is 2.27. The highest BCUT2D eigenvalue weighted by atomic mass is 32.2. The van der Waals surface area contributed by atoms with Crippen LogP contribution in [-0.4, -0.2) is 25.4 Å². The van der Waals surface area contributed by atoms with Crippen molar-refractivity contribution in [3.05, 3.63) is 24.3 Å². The van der Waals surface area contributed by atoms with Crippen LogP contribution in [0.15, 0.2) is 29.2 Å². The number of methoxy groups -OCH3 is 1. The average molecular weight is 237 g/mol. The molecule has 0 unspecified atom stereocenters. The molecule has 1 fully saturated rings. The first-order chi connectivity index (χ1) is 7.78. The number of benzene rings is 1. The van der Waals surface area contributed by atoms with E-state index in [1.165, 1.54) is 24.2 Å². The van der Waals surface area contributed by atoms with Gasteiger partial charge in [0.05, 0.1) is 7.11 Å². The molecule has 0 spiro atoms. The normalized spacial score (nSPS) is 17.9. The first kappa shape index (κ1) is 11.8. The third-order valence-corrected chi connectivity index (χ3v) is 4.65. The van der Waals surface area contributed by atoms with Crippen molar-refractivity contribution in [1.29, 1.82) is 0 Å². The molecule has 0 bridgehead atoms. The Balaban J connectivity index is 2.01. The van der Waals surface area contributed by atoms with Gasteiger partial charge in [-0.1, -0.05) is 6.42 Å². The molecule has 0 atom stereocenters. The fourth-order valence-electron chi connectivity index (χ4n) is 2.10. The first-order valence-corrected chi connectivity index (χ1v) is 6.57. The van der Waals surface area contributed by atoms with Gasteiger partial charge in [0.2, 0.25) is 0 Å².